The summed E-state index contributed by atoms with van der Waals surface area (Å²) in [7, 11) is 0. The first-order chi connectivity index (χ1) is 7.76. The lowest BCUT2D eigenvalue weighted by Gasteiger charge is -2.23. The topological polar surface area (TPSA) is 21.3 Å². The monoisotopic (exact) mass is 229 g/mol. The molecule has 0 aromatic rings. The molecule has 0 fully saturated rings. The van der Waals surface area contributed by atoms with Crippen molar-refractivity contribution in [2.45, 2.75) is 65.8 Å². The quantitative estimate of drug-likeness (QED) is 0.547. The number of rotatable bonds is 11. The highest BCUT2D eigenvalue weighted by atomic mass is 16.5. The van der Waals surface area contributed by atoms with Gasteiger partial charge in [0.25, 0.3) is 0 Å². The highest BCUT2D eigenvalue weighted by Crippen LogP contribution is 2.13. The average Bonchev–Trinajstić information content (AvgIpc) is 2.31. The van der Waals surface area contributed by atoms with Gasteiger partial charge in [-0.1, -0.05) is 33.6 Å². The molecule has 2 unspecified atom stereocenters. The van der Waals surface area contributed by atoms with Gasteiger partial charge in [0.1, 0.15) is 0 Å². The molecule has 1 N–H and O–H groups in total. The van der Waals surface area contributed by atoms with Gasteiger partial charge in [0.2, 0.25) is 0 Å². The van der Waals surface area contributed by atoms with E-state index in [4.69, 9.17) is 4.74 Å². The van der Waals surface area contributed by atoms with Crippen LogP contribution in [0.5, 0.6) is 0 Å². The second kappa shape index (κ2) is 11.4. The van der Waals surface area contributed by atoms with Gasteiger partial charge in [-0.3, -0.25) is 0 Å². The molecule has 98 valence electrons. The van der Waals surface area contributed by atoms with Gasteiger partial charge >= 0.3 is 0 Å². The third kappa shape index (κ3) is 8.12. The fourth-order valence-corrected chi connectivity index (χ4v) is 1.93. The van der Waals surface area contributed by atoms with Crippen LogP contribution in [0.4, 0.5) is 0 Å². The molecule has 0 aliphatic heterocycles. The minimum atomic E-state index is 0.625. The van der Waals surface area contributed by atoms with E-state index in [1.165, 1.54) is 32.1 Å². The van der Waals surface area contributed by atoms with Crippen LogP contribution < -0.4 is 5.32 Å². The molecule has 2 heteroatoms. The molecule has 0 radical (unpaired) electrons. The molecule has 0 saturated carbocycles. The van der Waals surface area contributed by atoms with E-state index in [1.54, 1.807) is 0 Å². The van der Waals surface area contributed by atoms with E-state index in [1.807, 2.05) is 0 Å². The summed E-state index contributed by atoms with van der Waals surface area (Å²) in [5.74, 6) is 0.758. The van der Waals surface area contributed by atoms with Gasteiger partial charge < -0.3 is 10.1 Å². The Bertz CT molecular complexity index is 139. The first-order valence-corrected chi connectivity index (χ1v) is 7.07. The van der Waals surface area contributed by atoms with Crippen LogP contribution in [-0.2, 0) is 4.74 Å². The minimum Gasteiger partial charge on any atom is -0.381 e. The van der Waals surface area contributed by atoms with Crippen LogP contribution in [0.25, 0.3) is 0 Å². The molecule has 0 aromatic carbocycles. The normalized spacial score (nSPS) is 15.0. The number of hydrogen-bond acceptors (Lipinski definition) is 2. The van der Waals surface area contributed by atoms with Gasteiger partial charge in [0, 0.05) is 19.3 Å². The first kappa shape index (κ1) is 15.9. The third-order valence-corrected chi connectivity index (χ3v) is 3.22. The molecule has 2 atom stereocenters. The maximum atomic E-state index is 5.63. The molecule has 0 spiro atoms. The molecule has 0 aliphatic carbocycles. The van der Waals surface area contributed by atoms with Gasteiger partial charge in [0.05, 0.1) is 0 Å². The van der Waals surface area contributed by atoms with Crippen LogP contribution in [0.3, 0.4) is 0 Å². The lowest BCUT2D eigenvalue weighted by molar-refractivity contribution is 0.111. The van der Waals surface area contributed by atoms with Crippen molar-refractivity contribution in [1.29, 1.82) is 0 Å². The molecule has 0 saturated heterocycles. The Labute approximate surface area is 102 Å². The highest BCUT2D eigenvalue weighted by molar-refractivity contribution is 4.70. The van der Waals surface area contributed by atoms with E-state index in [9.17, 15) is 0 Å². The van der Waals surface area contributed by atoms with Gasteiger partial charge in [-0.25, -0.2) is 0 Å². The van der Waals surface area contributed by atoms with E-state index in [-0.39, 0.29) is 0 Å². The number of nitrogens with one attached hydrogen (secondary N) is 1. The van der Waals surface area contributed by atoms with Crippen LogP contribution in [-0.4, -0.2) is 25.8 Å². The second-order valence-electron chi connectivity index (χ2n) is 4.67. The van der Waals surface area contributed by atoms with Crippen molar-refractivity contribution < 1.29 is 4.74 Å². The van der Waals surface area contributed by atoms with Crippen molar-refractivity contribution in [3.05, 3.63) is 0 Å². The summed E-state index contributed by atoms with van der Waals surface area (Å²) in [5.41, 5.74) is 0. The molecule has 0 aromatic heterocycles. The zero-order valence-corrected chi connectivity index (χ0v) is 11.7. The number of hydrogen-bond donors (Lipinski definition) is 1. The SMILES string of the molecule is CCCCOCCC(CC)C(C)NCCC. The van der Waals surface area contributed by atoms with Crippen molar-refractivity contribution >= 4 is 0 Å². The summed E-state index contributed by atoms with van der Waals surface area (Å²) in [6, 6.07) is 0.625. The van der Waals surface area contributed by atoms with E-state index >= 15 is 0 Å². The smallest absolute Gasteiger partial charge is 0.0469 e. The zero-order valence-electron chi connectivity index (χ0n) is 11.7. The highest BCUT2D eigenvalue weighted by Gasteiger charge is 2.13. The Hall–Kier alpha value is -0.0800. The lowest BCUT2D eigenvalue weighted by Crippen LogP contribution is -2.34. The predicted octanol–water partition coefficient (Wildman–Crippen LogP) is 3.61. The summed E-state index contributed by atoms with van der Waals surface area (Å²) in [4.78, 5) is 0. The van der Waals surface area contributed by atoms with Gasteiger partial charge in [-0.2, -0.15) is 0 Å². The Kier molecular flexibility index (Phi) is 11.3. The van der Waals surface area contributed by atoms with Crippen LogP contribution in [0.1, 0.15) is 59.8 Å². The lowest BCUT2D eigenvalue weighted by atomic mass is 9.95. The minimum absolute atomic E-state index is 0.625. The largest absolute Gasteiger partial charge is 0.381 e. The third-order valence-electron chi connectivity index (χ3n) is 3.22. The summed E-state index contributed by atoms with van der Waals surface area (Å²) < 4.78 is 5.63. The Morgan fingerprint density at radius 2 is 1.81 bits per heavy atom. The second-order valence-corrected chi connectivity index (χ2v) is 4.67. The predicted molar refractivity (Wildman–Crippen MR) is 71.9 cm³/mol. The average molecular weight is 229 g/mol. The molecule has 0 rings (SSSR count). The molecule has 2 nitrogen and oxygen atoms in total. The molecular formula is C14H31NO. The molecule has 0 bridgehead atoms. The van der Waals surface area contributed by atoms with Gasteiger partial charge in [-0.15, -0.1) is 0 Å². The molecule has 0 aliphatic rings. The summed E-state index contributed by atoms with van der Waals surface area (Å²) in [5, 5.41) is 3.58. The van der Waals surface area contributed by atoms with Gasteiger partial charge in [0.15, 0.2) is 0 Å². The van der Waals surface area contributed by atoms with Crippen LogP contribution >= 0.6 is 0 Å². The van der Waals surface area contributed by atoms with Crippen molar-refractivity contribution in [3.8, 4) is 0 Å². The van der Waals surface area contributed by atoms with Gasteiger partial charge in [-0.05, 0) is 38.6 Å². The van der Waals surface area contributed by atoms with Crippen molar-refractivity contribution in [1.82, 2.24) is 5.32 Å². The van der Waals surface area contributed by atoms with E-state index < -0.39 is 0 Å². The Balaban J connectivity index is 3.56. The summed E-state index contributed by atoms with van der Waals surface area (Å²) >= 11 is 0. The Morgan fingerprint density at radius 3 is 2.38 bits per heavy atom. The van der Waals surface area contributed by atoms with Crippen molar-refractivity contribution in [2.75, 3.05) is 19.8 Å². The fraction of sp³-hybridized carbons (Fsp3) is 1.00. The van der Waals surface area contributed by atoms with Crippen LogP contribution in [0.15, 0.2) is 0 Å². The van der Waals surface area contributed by atoms with Crippen molar-refractivity contribution in [2.24, 2.45) is 5.92 Å². The van der Waals surface area contributed by atoms with E-state index in [2.05, 4.69) is 33.0 Å². The van der Waals surface area contributed by atoms with Crippen LogP contribution in [0.2, 0.25) is 0 Å². The maximum Gasteiger partial charge on any atom is 0.0469 e. The molecule has 0 amide bonds. The summed E-state index contributed by atoms with van der Waals surface area (Å²) in [6.07, 6.45) is 6.08. The fourth-order valence-electron chi connectivity index (χ4n) is 1.93. The molecule has 0 heterocycles. The maximum absolute atomic E-state index is 5.63. The number of unbranched alkanes of at least 4 members (excludes halogenated alkanes) is 1. The molecular weight excluding hydrogens is 198 g/mol. The van der Waals surface area contributed by atoms with Crippen LogP contribution in [0, 0.1) is 5.92 Å². The number of ether oxygens (including phenoxy) is 1. The zero-order chi connectivity index (χ0) is 12.2. The summed E-state index contributed by atoms with van der Waals surface area (Å²) in [6.45, 7) is 12.0. The van der Waals surface area contributed by atoms with E-state index in [0.29, 0.717) is 6.04 Å². The Morgan fingerprint density at radius 1 is 1.06 bits per heavy atom. The first-order valence-electron chi connectivity index (χ1n) is 7.07. The van der Waals surface area contributed by atoms with E-state index in [0.717, 1.165) is 25.7 Å². The molecule has 16 heavy (non-hydrogen) atoms. The van der Waals surface area contributed by atoms with Crippen molar-refractivity contribution in [3.63, 3.8) is 0 Å². The standard InChI is InChI=1S/C14H31NO/c1-5-8-11-16-12-9-14(7-3)13(4)15-10-6-2/h13-15H,5-12H2,1-4H3.